The first-order valence-corrected chi connectivity index (χ1v) is 10.2. The largest absolute Gasteiger partial charge is 0.359 e. The molecule has 0 aromatic heterocycles. The maximum atomic E-state index is 12.8. The summed E-state index contributed by atoms with van der Waals surface area (Å²) in [5, 5.41) is 15.5. The van der Waals surface area contributed by atoms with Crippen molar-refractivity contribution in [1.29, 1.82) is 0 Å². The Labute approximate surface area is 168 Å². The quantitative estimate of drug-likeness (QED) is 0.295. The van der Waals surface area contributed by atoms with Crippen molar-refractivity contribution in [3.05, 3.63) is 34.4 Å². The minimum Gasteiger partial charge on any atom is -0.359 e. The molecule has 0 radical (unpaired) electrons. The molecule has 0 bridgehead atoms. The van der Waals surface area contributed by atoms with E-state index in [-0.39, 0.29) is 30.3 Å². The lowest BCUT2D eigenvalue weighted by atomic mass is 10.3. The van der Waals surface area contributed by atoms with E-state index >= 15 is 0 Å². The molecule has 0 spiro atoms. The van der Waals surface area contributed by atoms with E-state index in [4.69, 9.17) is 4.74 Å². The first-order valence-electron chi connectivity index (χ1n) is 8.71. The lowest BCUT2D eigenvalue weighted by molar-refractivity contribution is -0.384. The van der Waals surface area contributed by atoms with Crippen molar-refractivity contribution >= 4 is 27.5 Å². The van der Waals surface area contributed by atoms with Crippen LogP contribution < -0.4 is 10.6 Å². The van der Waals surface area contributed by atoms with Gasteiger partial charge in [0.05, 0.1) is 23.0 Å². The van der Waals surface area contributed by atoms with Gasteiger partial charge in [-0.15, -0.1) is 0 Å². The molecule has 1 aliphatic rings. The fraction of sp³-hybridized carbons (Fsp3) is 0.500. The topological polar surface area (TPSA) is 151 Å². The Morgan fingerprint density at radius 2 is 1.86 bits per heavy atom. The van der Waals surface area contributed by atoms with E-state index in [1.54, 1.807) is 0 Å². The molecule has 1 heterocycles. The van der Waals surface area contributed by atoms with Crippen LogP contribution in [0, 0.1) is 10.1 Å². The molecule has 2 amide bonds. The van der Waals surface area contributed by atoms with Crippen LogP contribution >= 0.6 is 0 Å². The molecule has 0 saturated carbocycles. The first-order chi connectivity index (χ1) is 13.6. The third-order valence-electron chi connectivity index (χ3n) is 4.09. The van der Waals surface area contributed by atoms with Gasteiger partial charge in [0.2, 0.25) is 10.0 Å². The first kappa shape index (κ1) is 22.7. The average molecular weight is 429 g/mol. The Kier molecular flexibility index (Phi) is 7.61. The molecule has 12 nitrogen and oxygen atoms in total. The second-order valence-electron chi connectivity index (χ2n) is 6.46. The van der Waals surface area contributed by atoms with Crippen LogP contribution in [0.2, 0.25) is 0 Å². The number of rotatable bonds is 8. The van der Waals surface area contributed by atoms with Gasteiger partial charge in [-0.05, 0) is 26.2 Å². The van der Waals surface area contributed by atoms with Crippen molar-refractivity contribution in [3.8, 4) is 0 Å². The molecular formula is C16H23N5O7S. The molecule has 13 heteroatoms. The van der Waals surface area contributed by atoms with Crippen LogP contribution in [0.15, 0.2) is 29.2 Å². The zero-order valence-corrected chi connectivity index (χ0v) is 16.8. The highest BCUT2D eigenvalue weighted by Gasteiger charge is 2.36. The molecule has 2 rings (SSSR count). The number of non-ortho nitro benzene ring substituents is 1. The second kappa shape index (κ2) is 9.73. The van der Waals surface area contributed by atoms with E-state index in [0.717, 1.165) is 28.6 Å². The average Bonchev–Trinajstić information content (AvgIpc) is 3.15. The van der Waals surface area contributed by atoms with Gasteiger partial charge in [0.15, 0.2) is 0 Å². The summed E-state index contributed by atoms with van der Waals surface area (Å²) in [6.07, 6.45) is -0.992. The predicted molar refractivity (Wildman–Crippen MR) is 101 cm³/mol. The number of amides is 2. The van der Waals surface area contributed by atoms with E-state index < -0.39 is 33.0 Å². The third-order valence-corrected chi connectivity index (χ3v) is 5.99. The monoisotopic (exact) mass is 429 g/mol. The van der Waals surface area contributed by atoms with Gasteiger partial charge in [-0.2, -0.15) is 4.31 Å². The summed E-state index contributed by atoms with van der Waals surface area (Å²) in [6, 6.07) is 4.47. The lowest BCUT2D eigenvalue weighted by Crippen LogP contribution is -2.48. The number of nitrogens with zero attached hydrogens (tertiary/aromatic N) is 3. The summed E-state index contributed by atoms with van der Waals surface area (Å²) >= 11 is 0. The van der Waals surface area contributed by atoms with E-state index in [1.165, 1.54) is 0 Å². The summed E-state index contributed by atoms with van der Waals surface area (Å²) in [7, 11) is -0.348. The summed E-state index contributed by atoms with van der Waals surface area (Å²) < 4.78 is 32.0. The van der Waals surface area contributed by atoms with E-state index in [1.807, 2.05) is 19.0 Å². The van der Waals surface area contributed by atoms with Gasteiger partial charge in [0.25, 0.3) is 5.69 Å². The van der Waals surface area contributed by atoms with Crippen LogP contribution in [-0.4, -0.2) is 87.5 Å². The SMILES string of the molecule is CN(C)CCNC(=O)C(=O)NC[C@@H]1OCCN1S(=O)(=O)c1ccc([N+](=O)[O-])cc1. The summed E-state index contributed by atoms with van der Waals surface area (Å²) in [6.45, 7) is 0.800. The van der Waals surface area contributed by atoms with Gasteiger partial charge >= 0.3 is 11.8 Å². The minimum absolute atomic E-state index is 0.0505. The Morgan fingerprint density at radius 3 is 2.45 bits per heavy atom. The normalized spacial score (nSPS) is 17.3. The molecular weight excluding hydrogens is 406 g/mol. The molecule has 2 N–H and O–H groups in total. The van der Waals surface area contributed by atoms with Crippen LogP contribution in [0.3, 0.4) is 0 Å². The van der Waals surface area contributed by atoms with E-state index in [9.17, 15) is 28.1 Å². The summed E-state index contributed by atoms with van der Waals surface area (Å²) in [5.41, 5.74) is -0.231. The molecule has 1 aliphatic heterocycles. The molecule has 0 unspecified atom stereocenters. The number of nitro groups is 1. The van der Waals surface area contributed by atoms with Crippen molar-refractivity contribution in [2.24, 2.45) is 0 Å². The number of hydrogen-bond acceptors (Lipinski definition) is 8. The predicted octanol–water partition coefficient (Wildman–Crippen LogP) is -1.26. The number of hydrogen-bond donors (Lipinski definition) is 2. The molecule has 1 saturated heterocycles. The Morgan fingerprint density at radius 1 is 1.24 bits per heavy atom. The second-order valence-corrected chi connectivity index (χ2v) is 8.35. The molecule has 0 aliphatic carbocycles. The zero-order valence-electron chi connectivity index (χ0n) is 16.0. The van der Waals surface area contributed by atoms with Crippen LogP contribution in [0.5, 0.6) is 0 Å². The van der Waals surface area contributed by atoms with Gasteiger partial charge in [-0.3, -0.25) is 19.7 Å². The van der Waals surface area contributed by atoms with Gasteiger partial charge < -0.3 is 20.3 Å². The van der Waals surface area contributed by atoms with Crippen molar-refractivity contribution < 1.29 is 27.7 Å². The number of nitrogens with one attached hydrogen (secondary N) is 2. The number of likely N-dealkylation sites (N-methyl/N-ethyl adjacent to an activating group) is 1. The highest BCUT2D eigenvalue weighted by atomic mass is 32.2. The van der Waals surface area contributed by atoms with Crippen LogP contribution in [0.25, 0.3) is 0 Å². The molecule has 1 aromatic carbocycles. The summed E-state index contributed by atoms with van der Waals surface area (Å²) in [4.78, 5) is 35.4. The number of sulfonamides is 1. The zero-order chi connectivity index (χ0) is 21.6. The molecule has 1 atom stereocenters. The van der Waals surface area contributed by atoms with E-state index in [0.29, 0.717) is 13.1 Å². The standard InChI is InChI=1S/C16H23N5O7S/c1-19(2)8-7-17-15(22)16(23)18-11-14-20(9-10-28-14)29(26,27)13-5-3-12(4-6-13)21(24)25/h3-6,14H,7-11H2,1-2H3,(H,17,22)(H,18,23)/t14-/m0/s1. The number of benzene rings is 1. The fourth-order valence-corrected chi connectivity index (χ4v) is 4.06. The molecule has 160 valence electrons. The van der Waals surface area contributed by atoms with Crippen molar-refractivity contribution in [2.45, 2.75) is 11.1 Å². The number of ether oxygens (including phenoxy) is 1. The van der Waals surface area contributed by atoms with Crippen LogP contribution in [0.4, 0.5) is 5.69 Å². The Balaban J connectivity index is 1.97. The van der Waals surface area contributed by atoms with Crippen molar-refractivity contribution in [3.63, 3.8) is 0 Å². The third kappa shape index (κ3) is 5.93. The highest BCUT2D eigenvalue weighted by Crippen LogP contribution is 2.23. The number of carbonyl (C=O) groups is 2. The lowest BCUT2D eigenvalue weighted by Gasteiger charge is -2.22. The van der Waals surface area contributed by atoms with Gasteiger partial charge in [0.1, 0.15) is 6.23 Å². The molecule has 1 fully saturated rings. The van der Waals surface area contributed by atoms with Gasteiger partial charge in [0, 0.05) is 31.8 Å². The minimum atomic E-state index is -3.99. The van der Waals surface area contributed by atoms with E-state index in [2.05, 4.69) is 10.6 Å². The van der Waals surface area contributed by atoms with Crippen LogP contribution in [-0.2, 0) is 24.3 Å². The smallest absolute Gasteiger partial charge is 0.309 e. The maximum Gasteiger partial charge on any atom is 0.309 e. The number of nitro benzene ring substituents is 1. The molecule has 29 heavy (non-hydrogen) atoms. The van der Waals surface area contributed by atoms with Crippen LogP contribution in [0.1, 0.15) is 0 Å². The Hall–Kier alpha value is -2.61. The fourth-order valence-electron chi connectivity index (χ4n) is 2.55. The van der Waals surface area contributed by atoms with Crippen molar-refractivity contribution in [2.75, 3.05) is 46.9 Å². The number of carbonyl (C=O) groups excluding carboxylic acids is 2. The van der Waals surface area contributed by atoms with Crippen molar-refractivity contribution in [1.82, 2.24) is 19.8 Å². The summed E-state index contributed by atoms with van der Waals surface area (Å²) in [5.74, 6) is -1.72. The van der Waals surface area contributed by atoms with Gasteiger partial charge in [-0.1, -0.05) is 0 Å². The Bertz CT molecular complexity index is 857. The maximum absolute atomic E-state index is 12.8. The molecule has 1 aromatic rings. The highest BCUT2D eigenvalue weighted by molar-refractivity contribution is 7.89. The van der Waals surface area contributed by atoms with Gasteiger partial charge in [-0.25, -0.2) is 8.42 Å².